The second-order valence-corrected chi connectivity index (χ2v) is 6.98. The van der Waals surface area contributed by atoms with Gasteiger partial charge in [0.2, 0.25) is 10.0 Å². The van der Waals surface area contributed by atoms with Gasteiger partial charge < -0.3 is 0 Å². The van der Waals surface area contributed by atoms with Crippen LogP contribution in [0.1, 0.15) is 38.5 Å². The molecule has 0 N–H and O–H groups in total. The second kappa shape index (κ2) is 5.85. The van der Waals surface area contributed by atoms with E-state index in [1.54, 1.807) is 35.6 Å². The van der Waals surface area contributed by atoms with Gasteiger partial charge in [0.05, 0.1) is 4.90 Å². The Morgan fingerprint density at radius 1 is 1.00 bits per heavy atom. The summed E-state index contributed by atoms with van der Waals surface area (Å²) in [5, 5.41) is 0. The lowest BCUT2D eigenvalue weighted by molar-refractivity contribution is 0.335. The van der Waals surface area contributed by atoms with Crippen molar-refractivity contribution in [2.75, 3.05) is 7.05 Å². The third kappa shape index (κ3) is 2.93. The number of hydrogen-bond acceptors (Lipinski definition) is 2. The number of hydrogen-bond donors (Lipinski definition) is 0. The third-order valence-corrected chi connectivity index (χ3v) is 5.68. The number of sulfonamides is 1. The van der Waals surface area contributed by atoms with Gasteiger partial charge in [-0.25, -0.2) is 8.42 Å². The molecule has 0 amide bonds. The van der Waals surface area contributed by atoms with Crippen LogP contribution in [0.15, 0.2) is 35.2 Å². The summed E-state index contributed by atoms with van der Waals surface area (Å²) in [6.07, 6.45) is 6.72. The van der Waals surface area contributed by atoms with Gasteiger partial charge in [0.25, 0.3) is 0 Å². The largest absolute Gasteiger partial charge is 0.243 e. The van der Waals surface area contributed by atoms with Crippen LogP contribution in [0.25, 0.3) is 0 Å². The molecule has 1 saturated carbocycles. The third-order valence-electron chi connectivity index (χ3n) is 3.76. The van der Waals surface area contributed by atoms with Crippen LogP contribution in [0.5, 0.6) is 0 Å². The molecule has 3 nitrogen and oxygen atoms in total. The summed E-state index contributed by atoms with van der Waals surface area (Å²) >= 11 is 0. The van der Waals surface area contributed by atoms with E-state index in [1.165, 1.54) is 12.8 Å². The van der Waals surface area contributed by atoms with E-state index < -0.39 is 10.0 Å². The van der Waals surface area contributed by atoms with E-state index in [0.29, 0.717) is 4.90 Å². The van der Waals surface area contributed by atoms with Crippen LogP contribution in [0.3, 0.4) is 0 Å². The average molecular weight is 267 g/mol. The zero-order valence-corrected chi connectivity index (χ0v) is 11.7. The predicted octanol–water partition coefficient (Wildman–Crippen LogP) is 3.03. The summed E-state index contributed by atoms with van der Waals surface area (Å²) in [4.78, 5) is 0.400. The monoisotopic (exact) mass is 267 g/mol. The molecule has 0 spiro atoms. The van der Waals surface area contributed by atoms with Crippen molar-refractivity contribution in [2.24, 2.45) is 0 Å². The van der Waals surface area contributed by atoms with E-state index in [2.05, 4.69) is 0 Å². The SMILES string of the molecule is CN(C1CCCCCC1)S(=O)(=O)c1ccccc1. The first kappa shape index (κ1) is 13.6. The molecular formula is C14H21NO2S. The number of nitrogens with zero attached hydrogens (tertiary/aromatic N) is 1. The smallest absolute Gasteiger partial charge is 0.207 e. The predicted molar refractivity (Wildman–Crippen MR) is 72.9 cm³/mol. The minimum atomic E-state index is -3.32. The van der Waals surface area contributed by atoms with Gasteiger partial charge in [-0.3, -0.25) is 0 Å². The highest BCUT2D eigenvalue weighted by atomic mass is 32.2. The lowest BCUT2D eigenvalue weighted by Crippen LogP contribution is -2.36. The van der Waals surface area contributed by atoms with Crippen molar-refractivity contribution in [1.29, 1.82) is 0 Å². The Hall–Kier alpha value is -0.870. The van der Waals surface area contributed by atoms with E-state index in [0.717, 1.165) is 25.7 Å². The highest BCUT2D eigenvalue weighted by Crippen LogP contribution is 2.25. The summed E-state index contributed by atoms with van der Waals surface area (Å²) in [6.45, 7) is 0. The molecule has 0 radical (unpaired) electrons. The van der Waals surface area contributed by atoms with Crippen LogP contribution in [0.2, 0.25) is 0 Å². The molecule has 1 fully saturated rings. The van der Waals surface area contributed by atoms with E-state index in [-0.39, 0.29) is 6.04 Å². The maximum Gasteiger partial charge on any atom is 0.243 e. The van der Waals surface area contributed by atoms with E-state index >= 15 is 0 Å². The molecule has 0 atom stereocenters. The molecule has 0 aromatic heterocycles. The van der Waals surface area contributed by atoms with Crippen molar-refractivity contribution in [2.45, 2.75) is 49.5 Å². The van der Waals surface area contributed by atoms with Gasteiger partial charge in [0.15, 0.2) is 0 Å². The van der Waals surface area contributed by atoms with Crippen LogP contribution in [0.4, 0.5) is 0 Å². The Kier molecular flexibility index (Phi) is 4.40. The van der Waals surface area contributed by atoms with Gasteiger partial charge in [0, 0.05) is 13.1 Å². The molecule has 4 heteroatoms. The van der Waals surface area contributed by atoms with Crippen molar-refractivity contribution in [3.63, 3.8) is 0 Å². The summed E-state index contributed by atoms with van der Waals surface area (Å²) in [5.41, 5.74) is 0. The lowest BCUT2D eigenvalue weighted by Gasteiger charge is -2.26. The number of rotatable bonds is 3. The average Bonchev–Trinajstić information content (AvgIpc) is 2.67. The first-order chi connectivity index (χ1) is 8.62. The van der Waals surface area contributed by atoms with Gasteiger partial charge in [-0.05, 0) is 25.0 Å². The van der Waals surface area contributed by atoms with Crippen molar-refractivity contribution >= 4 is 10.0 Å². The minimum absolute atomic E-state index is 0.165. The quantitative estimate of drug-likeness (QED) is 0.789. The lowest BCUT2D eigenvalue weighted by atomic mass is 10.1. The van der Waals surface area contributed by atoms with Crippen LogP contribution < -0.4 is 0 Å². The molecule has 1 aliphatic carbocycles. The Morgan fingerprint density at radius 3 is 2.11 bits per heavy atom. The molecule has 0 aliphatic heterocycles. The number of benzene rings is 1. The standard InChI is InChI=1S/C14H21NO2S/c1-15(13-9-5-2-3-6-10-13)18(16,17)14-11-7-4-8-12-14/h4,7-8,11-13H,2-3,5-6,9-10H2,1H3. The van der Waals surface area contributed by atoms with Crippen LogP contribution >= 0.6 is 0 Å². The molecule has 0 unspecified atom stereocenters. The minimum Gasteiger partial charge on any atom is -0.207 e. The van der Waals surface area contributed by atoms with Crippen LogP contribution in [-0.4, -0.2) is 25.8 Å². The molecule has 2 rings (SSSR count). The van der Waals surface area contributed by atoms with Crippen molar-refractivity contribution < 1.29 is 8.42 Å². The summed E-state index contributed by atoms with van der Waals surface area (Å²) < 4.78 is 26.5. The van der Waals surface area contributed by atoms with Crippen molar-refractivity contribution in [3.8, 4) is 0 Å². The normalized spacial score (nSPS) is 18.8. The zero-order chi connectivity index (χ0) is 13.0. The van der Waals surface area contributed by atoms with Crippen LogP contribution in [-0.2, 0) is 10.0 Å². The maximum atomic E-state index is 12.5. The first-order valence-corrected chi connectivity index (χ1v) is 8.09. The molecule has 18 heavy (non-hydrogen) atoms. The van der Waals surface area contributed by atoms with Crippen molar-refractivity contribution in [3.05, 3.63) is 30.3 Å². The topological polar surface area (TPSA) is 37.4 Å². The van der Waals surface area contributed by atoms with E-state index in [9.17, 15) is 8.42 Å². The molecule has 0 heterocycles. The molecule has 1 aliphatic rings. The van der Waals surface area contributed by atoms with Crippen LogP contribution in [0, 0.1) is 0 Å². The second-order valence-electron chi connectivity index (χ2n) is 4.98. The molecule has 100 valence electrons. The Balaban J connectivity index is 2.19. The van der Waals surface area contributed by atoms with Gasteiger partial charge in [-0.2, -0.15) is 4.31 Å². The fourth-order valence-electron chi connectivity index (χ4n) is 2.58. The van der Waals surface area contributed by atoms with E-state index in [4.69, 9.17) is 0 Å². The fraction of sp³-hybridized carbons (Fsp3) is 0.571. The summed E-state index contributed by atoms with van der Waals surface area (Å²) in [7, 11) is -1.60. The Bertz CT molecular complexity index is 462. The highest BCUT2D eigenvalue weighted by Gasteiger charge is 2.27. The molecule has 0 bridgehead atoms. The Labute approximate surface area is 110 Å². The van der Waals surface area contributed by atoms with Crippen molar-refractivity contribution in [1.82, 2.24) is 4.31 Å². The first-order valence-electron chi connectivity index (χ1n) is 6.65. The van der Waals surface area contributed by atoms with Gasteiger partial charge in [0.1, 0.15) is 0 Å². The summed E-state index contributed by atoms with van der Waals surface area (Å²) in [6, 6.07) is 8.88. The zero-order valence-electron chi connectivity index (χ0n) is 10.9. The maximum absolute atomic E-state index is 12.5. The van der Waals surface area contributed by atoms with Gasteiger partial charge in [-0.15, -0.1) is 0 Å². The Morgan fingerprint density at radius 2 is 1.56 bits per heavy atom. The van der Waals surface area contributed by atoms with E-state index in [1.807, 2.05) is 6.07 Å². The molecule has 1 aromatic carbocycles. The molecular weight excluding hydrogens is 246 g/mol. The fourth-order valence-corrected chi connectivity index (χ4v) is 4.01. The highest BCUT2D eigenvalue weighted by molar-refractivity contribution is 7.89. The van der Waals surface area contributed by atoms with Gasteiger partial charge >= 0.3 is 0 Å². The summed E-state index contributed by atoms with van der Waals surface area (Å²) in [5.74, 6) is 0. The molecule has 0 saturated heterocycles. The molecule has 1 aromatic rings. The van der Waals surface area contributed by atoms with Gasteiger partial charge in [-0.1, -0.05) is 43.9 Å².